The van der Waals surface area contributed by atoms with Gasteiger partial charge in [0.05, 0.1) is 18.6 Å². The molecule has 0 radical (unpaired) electrons. The second kappa shape index (κ2) is 8.21. The molecule has 20 heavy (non-hydrogen) atoms. The number of ether oxygens (including phenoxy) is 1. The molecule has 1 aliphatic carbocycles. The molecule has 0 spiro atoms. The molecule has 1 rings (SSSR count). The fraction of sp³-hybridized carbons (Fsp3) is 0.833. The summed E-state index contributed by atoms with van der Waals surface area (Å²) in [4.78, 5) is 32.2. The number of nitrogens with zero attached hydrogens (tertiary/aromatic N) is 1. The molecule has 7 nitrogen and oxygen atoms in total. The van der Waals surface area contributed by atoms with Gasteiger partial charge in [-0.3, -0.25) is 19.7 Å². The zero-order valence-electron chi connectivity index (χ0n) is 11.3. The van der Waals surface area contributed by atoms with Crippen molar-refractivity contribution in [2.24, 2.45) is 5.92 Å². The first-order valence-corrected chi connectivity index (χ1v) is 7.50. The van der Waals surface area contributed by atoms with Crippen LogP contribution in [0.3, 0.4) is 0 Å². The first kappa shape index (κ1) is 16.9. The van der Waals surface area contributed by atoms with Gasteiger partial charge in [-0.05, 0) is 12.8 Å². The summed E-state index contributed by atoms with van der Waals surface area (Å²) in [6, 6.07) is -0.501. The molecule has 0 aromatic heterocycles. The maximum Gasteiger partial charge on any atom is 0.309 e. The quantitative estimate of drug-likeness (QED) is 0.562. The SMILES string of the molecule is CC(=O)SCC(COC1CCC([N+](=O)[O-])CC1)C(=O)O. The molecule has 0 heterocycles. The highest BCUT2D eigenvalue weighted by atomic mass is 32.2. The summed E-state index contributed by atoms with van der Waals surface area (Å²) >= 11 is 0.970. The average Bonchev–Trinajstić information content (AvgIpc) is 2.38. The van der Waals surface area contributed by atoms with E-state index in [9.17, 15) is 19.7 Å². The van der Waals surface area contributed by atoms with E-state index in [0.29, 0.717) is 25.7 Å². The lowest BCUT2D eigenvalue weighted by atomic mass is 9.93. The van der Waals surface area contributed by atoms with Gasteiger partial charge in [-0.15, -0.1) is 0 Å². The number of aliphatic carboxylic acids is 1. The van der Waals surface area contributed by atoms with E-state index < -0.39 is 17.9 Å². The van der Waals surface area contributed by atoms with E-state index in [0.717, 1.165) is 11.8 Å². The monoisotopic (exact) mass is 305 g/mol. The number of carboxylic acids is 1. The summed E-state index contributed by atoms with van der Waals surface area (Å²) in [5.41, 5.74) is 0. The van der Waals surface area contributed by atoms with Crippen LogP contribution in [0.1, 0.15) is 32.6 Å². The van der Waals surface area contributed by atoms with Gasteiger partial charge in [0.15, 0.2) is 5.12 Å². The molecule has 0 amide bonds. The molecule has 1 unspecified atom stereocenters. The zero-order valence-corrected chi connectivity index (χ0v) is 12.1. The van der Waals surface area contributed by atoms with Gasteiger partial charge >= 0.3 is 5.97 Å². The Morgan fingerprint density at radius 3 is 2.45 bits per heavy atom. The van der Waals surface area contributed by atoms with E-state index in [1.165, 1.54) is 6.92 Å². The summed E-state index contributed by atoms with van der Waals surface area (Å²) in [7, 11) is 0. The molecule has 8 heteroatoms. The Morgan fingerprint density at radius 2 is 2.00 bits per heavy atom. The van der Waals surface area contributed by atoms with Crippen molar-refractivity contribution in [2.45, 2.75) is 44.8 Å². The molecule has 1 fully saturated rings. The van der Waals surface area contributed by atoms with Crippen LogP contribution in [0.2, 0.25) is 0 Å². The van der Waals surface area contributed by atoms with Gasteiger partial charge in [0.1, 0.15) is 0 Å². The van der Waals surface area contributed by atoms with Gasteiger partial charge in [-0.2, -0.15) is 0 Å². The predicted octanol–water partition coefficient (Wildman–Crippen LogP) is 1.57. The molecule has 0 saturated heterocycles. The van der Waals surface area contributed by atoms with Crippen LogP contribution >= 0.6 is 11.8 Å². The Hall–Kier alpha value is -1.15. The van der Waals surface area contributed by atoms with Crippen LogP contribution in [-0.2, 0) is 14.3 Å². The Kier molecular flexibility index (Phi) is 6.94. The van der Waals surface area contributed by atoms with Crippen molar-refractivity contribution in [2.75, 3.05) is 12.4 Å². The van der Waals surface area contributed by atoms with Gasteiger partial charge in [-0.1, -0.05) is 11.8 Å². The second-order valence-electron chi connectivity index (χ2n) is 4.89. The summed E-state index contributed by atoms with van der Waals surface area (Å²) in [6.45, 7) is 1.44. The fourth-order valence-electron chi connectivity index (χ4n) is 2.08. The first-order chi connectivity index (χ1) is 9.40. The lowest BCUT2D eigenvalue weighted by molar-refractivity contribution is -0.527. The average molecular weight is 305 g/mol. The van der Waals surface area contributed by atoms with E-state index in [1.54, 1.807) is 0 Å². The molecular formula is C12H19NO6S. The van der Waals surface area contributed by atoms with Crippen LogP contribution < -0.4 is 0 Å². The fourth-order valence-corrected chi connectivity index (χ4v) is 2.76. The zero-order chi connectivity index (χ0) is 15.1. The van der Waals surface area contributed by atoms with E-state index in [2.05, 4.69) is 0 Å². The molecule has 1 saturated carbocycles. The highest BCUT2D eigenvalue weighted by molar-refractivity contribution is 8.13. The van der Waals surface area contributed by atoms with Crippen molar-refractivity contribution in [1.82, 2.24) is 0 Å². The summed E-state index contributed by atoms with van der Waals surface area (Å²) in [5.74, 6) is -1.52. The van der Waals surface area contributed by atoms with Crippen LogP contribution in [0.15, 0.2) is 0 Å². The third kappa shape index (κ3) is 5.87. The van der Waals surface area contributed by atoms with Crippen molar-refractivity contribution in [3.63, 3.8) is 0 Å². The third-order valence-electron chi connectivity index (χ3n) is 3.31. The number of hydrogen-bond donors (Lipinski definition) is 1. The number of carbonyl (C=O) groups excluding carboxylic acids is 1. The number of carbonyl (C=O) groups is 2. The predicted molar refractivity (Wildman–Crippen MR) is 73.3 cm³/mol. The highest BCUT2D eigenvalue weighted by Gasteiger charge is 2.30. The smallest absolute Gasteiger partial charge is 0.309 e. The van der Waals surface area contributed by atoms with Crippen LogP contribution in [0.5, 0.6) is 0 Å². The lowest BCUT2D eigenvalue weighted by Gasteiger charge is -2.25. The number of thioether (sulfide) groups is 1. The molecule has 0 aromatic rings. The maximum atomic E-state index is 11.0. The third-order valence-corrected chi connectivity index (χ3v) is 4.29. The minimum Gasteiger partial charge on any atom is -0.481 e. The molecule has 0 aliphatic heterocycles. The second-order valence-corrected chi connectivity index (χ2v) is 6.08. The summed E-state index contributed by atoms with van der Waals surface area (Å²) in [6.07, 6.45) is 1.99. The Bertz CT molecular complexity index is 367. The van der Waals surface area contributed by atoms with Crippen LogP contribution in [0, 0.1) is 16.0 Å². The van der Waals surface area contributed by atoms with Gasteiger partial charge in [0.25, 0.3) is 0 Å². The van der Waals surface area contributed by atoms with E-state index in [-0.39, 0.29) is 28.5 Å². The number of carboxylic acid groups (broad SMARTS) is 1. The Balaban J connectivity index is 2.32. The minimum absolute atomic E-state index is 0.0451. The van der Waals surface area contributed by atoms with E-state index in [1.807, 2.05) is 0 Å². The molecule has 0 bridgehead atoms. The van der Waals surface area contributed by atoms with E-state index in [4.69, 9.17) is 9.84 Å². The van der Waals surface area contributed by atoms with Crippen molar-refractivity contribution in [3.05, 3.63) is 10.1 Å². The Labute approximate surface area is 121 Å². The van der Waals surface area contributed by atoms with Crippen LogP contribution in [0.25, 0.3) is 0 Å². The molecule has 1 atom stereocenters. The number of hydrogen-bond acceptors (Lipinski definition) is 6. The molecule has 1 N–H and O–H groups in total. The van der Waals surface area contributed by atoms with Crippen LogP contribution in [0.4, 0.5) is 0 Å². The molecule has 1 aliphatic rings. The molecular weight excluding hydrogens is 286 g/mol. The molecule has 0 aromatic carbocycles. The van der Waals surface area contributed by atoms with Gasteiger partial charge < -0.3 is 9.84 Å². The normalized spacial score (nSPS) is 24.1. The molecule has 114 valence electrons. The van der Waals surface area contributed by atoms with Gasteiger partial charge in [0, 0.05) is 30.4 Å². The minimum atomic E-state index is -0.988. The summed E-state index contributed by atoms with van der Waals surface area (Å²) < 4.78 is 5.54. The number of rotatable bonds is 7. The topological polar surface area (TPSA) is 107 Å². The first-order valence-electron chi connectivity index (χ1n) is 6.51. The van der Waals surface area contributed by atoms with E-state index >= 15 is 0 Å². The number of nitro groups is 1. The maximum absolute atomic E-state index is 11.0. The highest BCUT2D eigenvalue weighted by Crippen LogP contribution is 2.24. The van der Waals surface area contributed by atoms with Crippen molar-refractivity contribution < 1.29 is 24.4 Å². The Morgan fingerprint density at radius 1 is 1.40 bits per heavy atom. The van der Waals surface area contributed by atoms with Crippen molar-refractivity contribution in [1.29, 1.82) is 0 Å². The summed E-state index contributed by atoms with van der Waals surface area (Å²) in [5, 5.41) is 19.5. The van der Waals surface area contributed by atoms with Crippen molar-refractivity contribution in [3.8, 4) is 0 Å². The van der Waals surface area contributed by atoms with Gasteiger partial charge in [-0.25, -0.2) is 0 Å². The standard InChI is InChI=1S/C12H19NO6S/c1-8(14)20-7-9(12(15)16)6-19-11-4-2-10(3-5-11)13(17)18/h9-11H,2-7H2,1H3,(H,15,16). The van der Waals surface area contributed by atoms with Crippen LogP contribution in [-0.4, -0.2) is 45.6 Å². The van der Waals surface area contributed by atoms with Gasteiger partial charge in [0.2, 0.25) is 6.04 Å². The lowest BCUT2D eigenvalue weighted by Crippen LogP contribution is -2.32. The largest absolute Gasteiger partial charge is 0.481 e. The van der Waals surface area contributed by atoms with Crippen molar-refractivity contribution >= 4 is 22.8 Å².